The van der Waals surface area contributed by atoms with Crippen molar-refractivity contribution in [3.05, 3.63) is 29.3 Å². The Kier molecular flexibility index (Phi) is 2.92. The number of nitrogens with two attached hydrogens (primary N) is 1. The Morgan fingerprint density at radius 3 is 2.62 bits per heavy atom. The molecule has 0 aliphatic carbocycles. The van der Waals surface area contributed by atoms with Crippen LogP contribution in [0.1, 0.15) is 5.56 Å². The van der Waals surface area contributed by atoms with Gasteiger partial charge in [0.25, 0.3) is 0 Å². The van der Waals surface area contributed by atoms with Crippen LogP contribution in [0.3, 0.4) is 0 Å². The van der Waals surface area contributed by atoms with Gasteiger partial charge < -0.3 is 11.1 Å². The highest BCUT2D eigenvalue weighted by atomic mass is 19.1. The molecule has 0 aliphatic heterocycles. The summed E-state index contributed by atoms with van der Waals surface area (Å²) in [6, 6.07) is 1.85. The van der Waals surface area contributed by atoms with E-state index >= 15 is 0 Å². The quantitative estimate of drug-likeness (QED) is 0.691. The molecule has 5 heteroatoms. The third kappa shape index (κ3) is 2.00. The largest absolute Gasteiger partial charge is 0.326 e. The number of halogens is 2. The van der Waals surface area contributed by atoms with Crippen molar-refractivity contribution in [3.8, 4) is 0 Å². The SMILES string of the molecule is NCc1cc(NC=O)c(F)cc1F. The molecule has 0 fully saturated rings. The first-order valence-electron chi connectivity index (χ1n) is 3.57. The number of rotatable bonds is 3. The van der Waals surface area contributed by atoms with Gasteiger partial charge >= 0.3 is 0 Å². The van der Waals surface area contributed by atoms with Gasteiger partial charge in [0.05, 0.1) is 5.69 Å². The topological polar surface area (TPSA) is 55.1 Å². The molecule has 0 spiro atoms. The lowest BCUT2D eigenvalue weighted by molar-refractivity contribution is -0.105. The number of amides is 1. The molecule has 0 saturated heterocycles. The van der Waals surface area contributed by atoms with Crippen molar-refractivity contribution in [1.29, 1.82) is 0 Å². The van der Waals surface area contributed by atoms with Crippen molar-refractivity contribution in [3.63, 3.8) is 0 Å². The second-order valence-electron chi connectivity index (χ2n) is 2.39. The van der Waals surface area contributed by atoms with Gasteiger partial charge in [0, 0.05) is 18.2 Å². The second kappa shape index (κ2) is 3.95. The van der Waals surface area contributed by atoms with Crippen LogP contribution < -0.4 is 11.1 Å². The molecule has 1 aromatic rings. The van der Waals surface area contributed by atoms with Gasteiger partial charge in [0.2, 0.25) is 6.41 Å². The van der Waals surface area contributed by atoms with Gasteiger partial charge in [-0.2, -0.15) is 0 Å². The number of nitrogens with one attached hydrogen (secondary N) is 1. The van der Waals surface area contributed by atoms with Crippen molar-refractivity contribution < 1.29 is 13.6 Å². The Hall–Kier alpha value is -1.49. The van der Waals surface area contributed by atoms with Crippen LogP contribution in [0.25, 0.3) is 0 Å². The van der Waals surface area contributed by atoms with Crippen LogP contribution in [0.5, 0.6) is 0 Å². The van der Waals surface area contributed by atoms with E-state index in [2.05, 4.69) is 5.32 Å². The van der Waals surface area contributed by atoms with Crippen LogP contribution in [-0.4, -0.2) is 6.41 Å². The molecule has 0 aliphatic rings. The van der Waals surface area contributed by atoms with E-state index in [9.17, 15) is 13.6 Å². The molecule has 0 radical (unpaired) electrons. The van der Waals surface area contributed by atoms with E-state index in [4.69, 9.17) is 5.73 Å². The average Bonchev–Trinajstić information content (AvgIpc) is 2.10. The summed E-state index contributed by atoms with van der Waals surface area (Å²) in [6.45, 7) is -0.0420. The van der Waals surface area contributed by atoms with Crippen molar-refractivity contribution in [2.75, 3.05) is 5.32 Å². The molecule has 0 atom stereocenters. The van der Waals surface area contributed by atoms with E-state index in [0.717, 1.165) is 0 Å². The minimum absolute atomic E-state index is 0.0420. The summed E-state index contributed by atoms with van der Waals surface area (Å²) in [5.74, 6) is -1.53. The number of anilines is 1. The highest BCUT2D eigenvalue weighted by Crippen LogP contribution is 2.18. The lowest BCUT2D eigenvalue weighted by Gasteiger charge is -2.04. The summed E-state index contributed by atoms with van der Waals surface area (Å²) in [4.78, 5) is 10.0. The van der Waals surface area contributed by atoms with Crippen LogP contribution in [0.2, 0.25) is 0 Å². The van der Waals surface area contributed by atoms with E-state index in [1.165, 1.54) is 6.07 Å². The molecule has 1 rings (SSSR count). The molecular formula is C8H8F2N2O. The number of carbonyl (C=O) groups is 1. The maximum absolute atomic E-state index is 12.9. The van der Waals surface area contributed by atoms with Crippen molar-refractivity contribution in [1.82, 2.24) is 0 Å². The van der Waals surface area contributed by atoms with E-state index in [1.807, 2.05) is 0 Å². The van der Waals surface area contributed by atoms with Gasteiger partial charge in [-0.05, 0) is 6.07 Å². The average molecular weight is 186 g/mol. The van der Waals surface area contributed by atoms with Gasteiger partial charge in [0.1, 0.15) is 11.6 Å². The minimum atomic E-state index is -0.818. The molecule has 1 aromatic carbocycles. The predicted octanol–water partition coefficient (Wildman–Crippen LogP) is 0.992. The lowest BCUT2D eigenvalue weighted by atomic mass is 10.2. The zero-order valence-corrected chi connectivity index (χ0v) is 6.68. The molecule has 3 nitrogen and oxygen atoms in total. The molecule has 1 amide bonds. The van der Waals surface area contributed by atoms with E-state index in [0.29, 0.717) is 12.5 Å². The Morgan fingerprint density at radius 1 is 1.38 bits per heavy atom. The summed E-state index contributed by atoms with van der Waals surface area (Å²) >= 11 is 0. The molecule has 13 heavy (non-hydrogen) atoms. The fraction of sp³-hybridized carbons (Fsp3) is 0.125. The number of carbonyl (C=O) groups excluding carboxylic acids is 1. The van der Waals surface area contributed by atoms with Gasteiger partial charge in [-0.1, -0.05) is 0 Å². The summed E-state index contributed by atoms with van der Waals surface area (Å²) in [5.41, 5.74) is 5.27. The van der Waals surface area contributed by atoms with Crippen LogP contribution in [0.4, 0.5) is 14.5 Å². The summed E-state index contributed by atoms with van der Waals surface area (Å²) in [6.07, 6.45) is 0.316. The number of benzene rings is 1. The normalized spacial score (nSPS) is 9.77. The monoisotopic (exact) mass is 186 g/mol. The van der Waals surface area contributed by atoms with E-state index < -0.39 is 11.6 Å². The van der Waals surface area contributed by atoms with E-state index in [-0.39, 0.29) is 17.8 Å². The second-order valence-corrected chi connectivity index (χ2v) is 2.39. The third-order valence-corrected chi connectivity index (χ3v) is 1.57. The summed E-state index contributed by atoms with van der Waals surface area (Å²) in [5, 5.41) is 2.10. The smallest absolute Gasteiger partial charge is 0.211 e. The highest BCUT2D eigenvalue weighted by Gasteiger charge is 2.07. The first-order chi connectivity index (χ1) is 6.19. The molecule has 70 valence electrons. The van der Waals surface area contributed by atoms with Crippen molar-refractivity contribution in [2.45, 2.75) is 6.54 Å². The van der Waals surface area contributed by atoms with Crippen LogP contribution in [0, 0.1) is 11.6 Å². The number of hydrogen-bond donors (Lipinski definition) is 2. The summed E-state index contributed by atoms with van der Waals surface area (Å²) in [7, 11) is 0. The predicted molar refractivity (Wildman–Crippen MR) is 43.9 cm³/mol. The Bertz CT molecular complexity index is 328. The Labute approximate surface area is 73.5 Å². The molecule has 0 bridgehead atoms. The van der Waals surface area contributed by atoms with Gasteiger partial charge in [-0.25, -0.2) is 8.78 Å². The third-order valence-electron chi connectivity index (χ3n) is 1.57. The minimum Gasteiger partial charge on any atom is -0.326 e. The van der Waals surface area contributed by atoms with E-state index in [1.54, 1.807) is 0 Å². The van der Waals surface area contributed by atoms with Gasteiger partial charge in [0.15, 0.2) is 0 Å². The first-order valence-corrected chi connectivity index (χ1v) is 3.57. The lowest BCUT2D eigenvalue weighted by Crippen LogP contribution is -2.04. The Morgan fingerprint density at radius 2 is 2.08 bits per heavy atom. The summed E-state index contributed by atoms with van der Waals surface area (Å²) < 4.78 is 25.7. The van der Waals surface area contributed by atoms with Gasteiger partial charge in [-0.15, -0.1) is 0 Å². The molecule has 0 saturated carbocycles. The standard InChI is InChI=1S/C8H8F2N2O/c9-6-2-7(10)8(12-4-13)1-5(6)3-11/h1-2,4H,3,11H2,(H,12,13). The molecule has 0 heterocycles. The fourth-order valence-corrected chi connectivity index (χ4v) is 0.924. The maximum Gasteiger partial charge on any atom is 0.211 e. The first kappa shape index (κ1) is 9.60. The number of hydrogen-bond acceptors (Lipinski definition) is 2. The molecular weight excluding hydrogens is 178 g/mol. The Balaban J connectivity index is 3.13. The van der Waals surface area contributed by atoms with Crippen LogP contribution >= 0.6 is 0 Å². The maximum atomic E-state index is 12.9. The van der Waals surface area contributed by atoms with Crippen molar-refractivity contribution in [2.24, 2.45) is 5.73 Å². The van der Waals surface area contributed by atoms with Gasteiger partial charge in [-0.3, -0.25) is 4.79 Å². The molecule has 0 aromatic heterocycles. The van der Waals surface area contributed by atoms with Crippen molar-refractivity contribution >= 4 is 12.1 Å². The fourth-order valence-electron chi connectivity index (χ4n) is 0.924. The van der Waals surface area contributed by atoms with Crippen LogP contribution in [-0.2, 0) is 11.3 Å². The zero-order chi connectivity index (χ0) is 9.84. The molecule has 3 N–H and O–H groups in total. The van der Waals surface area contributed by atoms with Crippen LogP contribution in [0.15, 0.2) is 12.1 Å². The molecule has 0 unspecified atom stereocenters. The highest BCUT2D eigenvalue weighted by molar-refractivity contribution is 5.71. The zero-order valence-electron chi connectivity index (χ0n) is 6.68.